The highest BCUT2D eigenvalue weighted by molar-refractivity contribution is 5.74. The lowest BCUT2D eigenvalue weighted by atomic mass is 9.96. The summed E-state index contributed by atoms with van der Waals surface area (Å²) in [7, 11) is 0. The molecule has 0 saturated carbocycles. The predicted molar refractivity (Wildman–Crippen MR) is 78.2 cm³/mol. The van der Waals surface area contributed by atoms with Gasteiger partial charge in [-0.05, 0) is 19.3 Å². The first-order chi connectivity index (χ1) is 10.3. The van der Waals surface area contributed by atoms with Crippen LogP contribution in [0.5, 0.6) is 5.75 Å². The molecule has 0 radical (unpaired) electrons. The summed E-state index contributed by atoms with van der Waals surface area (Å²) in [5, 5.41) is 24.5. The van der Waals surface area contributed by atoms with Gasteiger partial charge in [-0.15, -0.1) is 0 Å². The molecule has 1 aromatic rings. The number of nitro benzene ring substituents is 2. The second-order valence-corrected chi connectivity index (χ2v) is 4.63. The zero-order valence-corrected chi connectivity index (χ0v) is 12.5. The molecule has 0 aromatic heterocycles. The third kappa shape index (κ3) is 3.90. The van der Waals surface area contributed by atoms with Crippen molar-refractivity contribution in [2.45, 2.75) is 33.1 Å². The summed E-state index contributed by atoms with van der Waals surface area (Å²) in [5.41, 5.74) is -0.754. The fourth-order valence-corrected chi connectivity index (χ4v) is 1.83. The van der Waals surface area contributed by atoms with Crippen LogP contribution >= 0.6 is 0 Å². The lowest BCUT2D eigenvalue weighted by Crippen LogP contribution is -2.27. The van der Waals surface area contributed by atoms with E-state index in [9.17, 15) is 25.0 Å². The van der Waals surface area contributed by atoms with E-state index in [1.54, 1.807) is 13.8 Å². The molecule has 0 aliphatic rings. The maximum atomic E-state index is 11.6. The topological polar surface area (TPSA) is 125 Å². The molecule has 9 heteroatoms. The molecular weight excluding hydrogens is 294 g/mol. The fraction of sp³-hybridized carbons (Fsp3) is 0.462. The van der Waals surface area contributed by atoms with Crippen molar-refractivity contribution in [3.8, 4) is 5.75 Å². The third-order valence-electron chi connectivity index (χ3n) is 3.15. The lowest BCUT2D eigenvalue weighted by molar-refractivity contribution is -0.394. The number of nitrogens with one attached hydrogen (secondary N) is 1. The summed E-state index contributed by atoms with van der Waals surface area (Å²) in [6, 6.07) is 2.00. The number of carbonyl (C=O) groups excluding carboxylic acids is 1. The van der Waals surface area contributed by atoms with Gasteiger partial charge in [0.2, 0.25) is 5.75 Å². The molecule has 0 spiro atoms. The van der Waals surface area contributed by atoms with Gasteiger partial charge in [-0.3, -0.25) is 20.2 Å². The summed E-state index contributed by atoms with van der Waals surface area (Å²) in [6.07, 6.45) is -0.270. The molecule has 9 nitrogen and oxygen atoms in total. The monoisotopic (exact) mass is 311 g/mol. The lowest BCUT2D eigenvalue weighted by Gasteiger charge is -2.14. The fourth-order valence-electron chi connectivity index (χ4n) is 1.83. The van der Waals surface area contributed by atoms with E-state index < -0.39 is 27.3 Å². The Balaban J connectivity index is 3.50. The predicted octanol–water partition coefficient (Wildman–Crippen LogP) is 3.12. The minimum absolute atomic E-state index is 0.247. The van der Waals surface area contributed by atoms with Crippen molar-refractivity contribution in [1.29, 1.82) is 0 Å². The van der Waals surface area contributed by atoms with Crippen molar-refractivity contribution < 1.29 is 19.4 Å². The van der Waals surface area contributed by atoms with Crippen molar-refractivity contribution >= 4 is 17.5 Å². The van der Waals surface area contributed by atoms with Crippen LogP contribution in [0, 0.1) is 20.2 Å². The van der Waals surface area contributed by atoms with Gasteiger partial charge in [0.15, 0.2) is 0 Å². The molecular formula is C13H17N3O6. The van der Waals surface area contributed by atoms with Gasteiger partial charge < -0.3 is 10.1 Å². The zero-order valence-electron chi connectivity index (χ0n) is 12.5. The van der Waals surface area contributed by atoms with Crippen LogP contribution in [-0.4, -0.2) is 22.5 Å². The van der Waals surface area contributed by atoms with Gasteiger partial charge in [0.05, 0.1) is 15.9 Å². The van der Waals surface area contributed by atoms with Gasteiger partial charge in [-0.1, -0.05) is 13.8 Å². The number of benzene rings is 1. The number of amides is 1. The average Bonchev–Trinajstić information content (AvgIpc) is 2.46. The van der Waals surface area contributed by atoms with Crippen molar-refractivity contribution in [2.24, 2.45) is 0 Å². The Morgan fingerprint density at radius 1 is 1.27 bits per heavy atom. The Hall–Kier alpha value is -2.71. The van der Waals surface area contributed by atoms with Gasteiger partial charge in [-0.2, -0.15) is 0 Å². The normalized spacial score (nSPS) is 11.6. The molecule has 22 heavy (non-hydrogen) atoms. The van der Waals surface area contributed by atoms with Gasteiger partial charge >= 0.3 is 11.8 Å². The molecule has 0 bridgehead atoms. The van der Waals surface area contributed by atoms with E-state index in [1.807, 2.05) is 6.92 Å². The van der Waals surface area contributed by atoms with E-state index in [4.69, 9.17) is 4.74 Å². The molecule has 0 heterocycles. The molecule has 1 amide bonds. The zero-order chi connectivity index (χ0) is 16.9. The molecule has 0 aliphatic carbocycles. The Bertz CT molecular complexity index is 602. The Labute approximate surface area is 126 Å². The summed E-state index contributed by atoms with van der Waals surface area (Å²) in [4.78, 5) is 32.2. The SMILES string of the molecule is CCNC(=O)Oc1c(C(C)CC)cc([N+](=O)[O-])cc1[N+](=O)[O-]. The molecule has 1 unspecified atom stereocenters. The molecule has 0 saturated heterocycles. The van der Waals surface area contributed by atoms with Crippen LogP contribution in [0.15, 0.2) is 12.1 Å². The van der Waals surface area contributed by atoms with Crippen LogP contribution in [-0.2, 0) is 0 Å². The van der Waals surface area contributed by atoms with E-state index in [2.05, 4.69) is 5.32 Å². The van der Waals surface area contributed by atoms with E-state index in [1.165, 1.54) is 6.07 Å². The molecule has 1 N–H and O–H groups in total. The van der Waals surface area contributed by atoms with Crippen LogP contribution < -0.4 is 10.1 Å². The molecule has 1 atom stereocenters. The smallest absolute Gasteiger partial charge is 0.403 e. The minimum Gasteiger partial charge on any atom is -0.403 e. The quantitative estimate of drug-likeness (QED) is 0.635. The van der Waals surface area contributed by atoms with Crippen LogP contribution in [0.2, 0.25) is 0 Å². The van der Waals surface area contributed by atoms with Crippen LogP contribution in [0.25, 0.3) is 0 Å². The largest absolute Gasteiger partial charge is 0.412 e. The highest BCUT2D eigenvalue weighted by Crippen LogP contribution is 2.40. The number of nitrogens with zero attached hydrogens (tertiary/aromatic N) is 2. The third-order valence-corrected chi connectivity index (χ3v) is 3.15. The molecule has 1 aromatic carbocycles. The number of hydrogen-bond donors (Lipinski definition) is 1. The number of hydrogen-bond acceptors (Lipinski definition) is 6. The summed E-state index contributed by atoms with van der Waals surface area (Å²) < 4.78 is 5.02. The number of non-ortho nitro benzene ring substituents is 1. The standard InChI is InChI=1S/C13H17N3O6/c1-4-8(3)10-6-9(15(18)19)7-11(16(20)21)12(10)22-13(17)14-5-2/h6-8H,4-5H2,1-3H3,(H,14,17). The number of rotatable bonds is 6. The first-order valence-electron chi connectivity index (χ1n) is 6.74. The second kappa shape index (κ2) is 7.34. The molecule has 0 fully saturated rings. The first kappa shape index (κ1) is 17.3. The van der Waals surface area contributed by atoms with E-state index >= 15 is 0 Å². The van der Waals surface area contributed by atoms with Crippen molar-refractivity contribution in [1.82, 2.24) is 5.32 Å². The van der Waals surface area contributed by atoms with Crippen LogP contribution in [0.4, 0.5) is 16.2 Å². The highest BCUT2D eigenvalue weighted by atomic mass is 16.6. The van der Waals surface area contributed by atoms with Gasteiger partial charge in [0.1, 0.15) is 0 Å². The summed E-state index contributed by atoms with van der Waals surface area (Å²) in [6.45, 7) is 5.53. The van der Waals surface area contributed by atoms with E-state index in [-0.39, 0.29) is 23.8 Å². The van der Waals surface area contributed by atoms with Gasteiger partial charge in [0, 0.05) is 18.2 Å². The first-order valence-corrected chi connectivity index (χ1v) is 6.74. The molecule has 0 aliphatic heterocycles. The van der Waals surface area contributed by atoms with Gasteiger partial charge in [-0.25, -0.2) is 4.79 Å². The van der Waals surface area contributed by atoms with E-state index in [0.717, 1.165) is 6.07 Å². The van der Waals surface area contributed by atoms with Crippen LogP contribution in [0.3, 0.4) is 0 Å². The maximum Gasteiger partial charge on any atom is 0.412 e. The second-order valence-electron chi connectivity index (χ2n) is 4.63. The Morgan fingerprint density at radius 2 is 1.91 bits per heavy atom. The average molecular weight is 311 g/mol. The highest BCUT2D eigenvalue weighted by Gasteiger charge is 2.29. The summed E-state index contributed by atoms with van der Waals surface area (Å²) in [5.74, 6) is -0.501. The Kier molecular flexibility index (Phi) is 5.79. The van der Waals surface area contributed by atoms with Crippen LogP contribution in [0.1, 0.15) is 38.7 Å². The van der Waals surface area contributed by atoms with Crippen molar-refractivity contribution in [3.05, 3.63) is 37.9 Å². The minimum atomic E-state index is -0.844. The summed E-state index contributed by atoms with van der Waals surface area (Å²) >= 11 is 0. The maximum absolute atomic E-state index is 11.6. The van der Waals surface area contributed by atoms with E-state index in [0.29, 0.717) is 6.42 Å². The van der Waals surface area contributed by atoms with Gasteiger partial charge in [0.25, 0.3) is 5.69 Å². The number of nitro groups is 2. The number of carbonyl (C=O) groups is 1. The molecule has 1 rings (SSSR count). The number of ether oxygens (including phenoxy) is 1. The molecule has 120 valence electrons. The van der Waals surface area contributed by atoms with Crippen molar-refractivity contribution in [3.63, 3.8) is 0 Å². The van der Waals surface area contributed by atoms with Crippen molar-refractivity contribution in [2.75, 3.05) is 6.54 Å². The Morgan fingerprint density at radius 3 is 2.36 bits per heavy atom.